The van der Waals surface area contributed by atoms with E-state index in [1.807, 2.05) is 6.92 Å². The van der Waals surface area contributed by atoms with Gasteiger partial charge in [0.1, 0.15) is 0 Å². The molecule has 0 radical (unpaired) electrons. The molecule has 0 aliphatic carbocycles. The van der Waals surface area contributed by atoms with Crippen LogP contribution in [-0.2, 0) is 11.3 Å². The Morgan fingerprint density at radius 2 is 2.54 bits per heavy atom. The predicted molar refractivity (Wildman–Crippen MR) is 49.6 cm³/mol. The third kappa shape index (κ3) is 2.32. The number of hydrogen-bond acceptors (Lipinski definition) is 2. The second kappa shape index (κ2) is 4.09. The number of carboxylic acids is 1. The molecule has 0 amide bonds. The Morgan fingerprint density at radius 3 is 3.08 bits per heavy atom. The second-order valence-corrected chi connectivity index (χ2v) is 2.74. The number of aryl methyl sites for hydroxylation is 1. The van der Waals surface area contributed by atoms with Crippen molar-refractivity contribution in [3.63, 3.8) is 0 Å². The molecule has 4 nitrogen and oxygen atoms in total. The van der Waals surface area contributed by atoms with Gasteiger partial charge in [-0.05, 0) is 13.0 Å². The van der Waals surface area contributed by atoms with Crippen molar-refractivity contribution in [3.05, 3.63) is 23.3 Å². The number of aromatic nitrogens is 2. The summed E-state index contributed by atoms with van der Waals surface area (Å²) < 4.78 is 1.77. The summed E-state index contributed by atoms with van der Waals surface area (Å²) in [6, 6.07) is 0. The Kier molecular flexibility index (Phi) is 3.08. The number of rotatable bonds is 3. The number of halogens is 1. The normalized spacial score (nSPS) is 10.9. The van der Waals surface area contributed by atoms with Crippen molar-refractivity contribution < 1.29 is 9.90 Å². The number of hydrogen-bond donors (Lipinski definition) is 1. The molecule has 1 aromatic rings. The van der Waals surface area contributed by atoms with Gasteiger partial charge in [0.15, 0.2) is 5.15 Å². The van der Waals surface area contributed by atoms with Gasteiger partial charge in [0.05, 0.1) is 12.0 Å². The minimum atomic E-state index is -1.00. The largest absolute Gasteiger partial charge is 0.478 e. The van der Waals surface area contributed by atoms with Crippen LogP contribution in [0.1, 0.15) is 12.6 Å². The van der Waals surface area contributed by atoms with E-state index in [1.165, 1.54) is 6.08 Å². The van der Waals surface area contributed by atoms with Crippen LogP contribution in [0.15, 0.2) is 12.4 Å². The van der Waals surface area contributed by atoms with Crippen LogP contribution in [0.4, 0.5) is 0 Å². The number of carboxylic acid groups (broad SMARTS) is 1. The SMILES string of the molecule is CCn1cnc(Cl)c1/C=C/C(=O)O. The minimum Gasteiger partial charge on any atom is -0.478 e. The molecule has 1 N–H and O–H groups in total. The Balaban J connectivity index is 2.98. The van der Waals surface area contributed by atoms with E-state index >= 15 is 0 Å². The van der Waals surface area contributed by atoms with Gasteiger partial charge in [-0.1, -0.05) is 11.6 Å². The molecule has 0 fully saturated rings. The molecule has 0 saturated heterocycles. The quantitative estimate of drug-likeness (QED) is 0.755. The minimum absolute atomic E-state index is 0.319. The maximum absolute atomic E-state index is 10.2. The molecule has 0 unspecified atom stereocenters. The van der Waals surface area contributed by atoms with Gasteiger partial charge >= 0.3 is 5.97 Å². The van der Waals surface area contributed by atoms with Crippen LogP contribution in [-0.4, -0.2) is 20.6 Å². The molecule has 0 aliphatic heterocycles. The Morgan fingerprint density at radius 1 is 1.85 bits per heavy atom. The molecule has 0 spiro atoms. The lowest BCUT2D eigenvalue weighted by atomic mass is 10.4. The van der Waals surface area contributed by atoms with E-state index in [2.05, 4.69) is 4.98 Å². The van der Waals surface area contributed by atoms with Gasteiger partial charge in [-0.25, -0.2) is 9.78 Å². The highest BCUT2D eigenvalue weighted by Crippen LogP contribution is 2.14. The van der Waals surface area contributed by atoms with Crippen LogP contribution in [0.2, 0.25) is 5.15 Å². The van der Waals surface area contributed by atoms with E-state index in [9.17, 15) is 4.79 Å². The van der Waals surface area contributed by atoms with Crippen molar-refractivity contribution in [2.45, 2.75) is 13.5 Å². The number of imidazole rings is 1. The predicted octanol–water partition coefficient (Wildman–Crippen LogP) is 1.65. The van der Waals surface area contributed by atoms with Crippen LogP contribution in [0.3, 0.4) is 0 Å². The molecular weight excluding hydrogens is 192 g/mol. The third-order valence-electron chi connectivity index (χ3n) is 1.56. The molecule has 0 saturated carbocycles. The van der Waals surface area contributed by atoms with Gasteiger partial charge in [-0.3, -0.25) is 0 Å². The topological polar surface area (TPSA) is 55.1 Å². The van der Waals surface area contributed by atoms with Gasteiger partial charge < -0.3 is 9.67 Å². The fraction of sp³-hybridized carbons (Fsp3) is 0.250. The average Bonchev–Trinajstić information content (AvgIpc) is 2.43. The van der Waals surface area contributed by atoms with E-state index in [0.717, 1.165) is 6.08 Å². The molecule has 1 rings (SSSR count). The fourth-order valence-corrected chi connectivity index (χ4v) is 1.15. The molecule has 1 heterocycles. The standard InChI is InChI=1S/C8H9ClN2O2/c1-2-11-5-10-8(9)6(11)3-4-7(12)13/h3-5H,2H2,1H3,(H,12,13)/b4-3+. The monoisotopic (exact) mass is 200 g/mol. The van der Waals surface area contributed by atoms with Crippen molar-refractivity contribution in [1.82, 2.24) is 9.55 Å². The first-order valence-corrected chi connectivity index (χ1v) is 4.14. The van der Waals surface area contributed by atoms with E-state index in [0.29, 0.717) is 17.4 Å². The molecule has 5 heteroatoms. The van der Waals surface area contributed by atoms with Crippen LogP contribution in [0.5, 0.6) is 0 Å². The van der Waals surface area contributed by atoms with Gasteiger partial charge in [0, 0.05) is 12.6 Å². The van der Waals surface area contributed by atoms with Crippen molar-refractivity contribution in [1.29, 1.82) is 0 Å². The van der Waals surface area contributed by atoms with Gasteiger partial charge in [0.25, 0.3) is 0 Å². The number of aliphatic carboxylic acids is 1. The van der Waals surface area contributed by atoms with Crippen molar-refractivity contribution >= 4 is 23.6 Å². The summed E-state index contributed by atoms with van der Waals surface area (Å²) in [7, 11) is 0. The highest BCUT2D eigenvalue weighted by atomic mass is 35.5. The van der Waals surface area contributed by atoms with Crippen LogP contribution in [0.25, 0.3) is 6.08 Å². The van der Waals surface area contributed by atoms with Gasteiger partial charge in [-0.15, -0.1) is 0 Å². The molecular formula is C8H9ClN2O2. The molecule has 0 bridgehead atoms. The van der Waals surface area contributed by atoms with Gasteiger partial charge in [0.2, 0.25) is 0 Å². The molecule has 70 valence electrons. The van der Waals surface area contributed by atoms with Crippen LogP contribution < -0.4 is 0 Å². The lowest BCUT2D eigenvalue weighted by Crippen LogP contribution is -1.95. The van der Waals surface area contributed by atoms with Crippen molar-refractivity contribution in [2.75, 3.05) is 0 Å². The molecule has 1 aromatic heterocycles. The van der Waals surface area contributed by atoms with Crippen LogP contribution in [0, 0.1) is 0 Å². The molecule has 0 aliphatic rings. The lowest BCUT2D eigenvalue weighted by Gasteiger charge is -1.98. The first kappa shape index (κ1) is 9.80. The van der Waals surface area contributed by atoms with Gasteiger partial charge in [-0.2, -0.15) is 0 Å². The zero-order valence-electron chi connectivity index (χ0n) is 7.07. The smallest absolute Gasteiger partial charge is 0.328 e. The van der Waals surface area contributed by atoms with E-state index in [1.54, 1.807) is 10.9 Å². The summed E-state index contributed by atoms with van der Waals surface area (Å²) in [6.45, 7) is 2.63. The van der Waals surface area contributed by atoms with E-state index < -0.39 is 5.97 Å². The molecule has 0 atom stereocenters. The maximum Gasteiger partial charge on any atom is 0.328 e. The third-order valence-corrected chi connectivity index (χ3v) is 1.85. The zero-order chi connectivity index (χ0) is 9.84. The highest BCUT2D eigenvalue weighted by molar-refractivity contribution is 6.30. The average molecular weight is 201 g/mol. The Labute approximate surface area is 80.5 Å². The number of nitrogens with zero attached hydrogens (tertiary/aromatic N) is 2. The first-order chi connectivity index (χ1) is 6.15. The van der Waals surface area contributed by atoms with E-state index in [-0.39, 0.29) is 0 Å². The number of carbonyl (C=O) groups is 1. The zero-order valence-corrected chi connectivity index (χ0v) is 7.82. The summed E-state index contributed by atoms with van der Waals surface area (Å²) >= 11 is 5.73. The maximum atomic E-state index is 10.2. The fourth-order valence-electron chi connectivity index (χ4n) is 0.934. The van der Waals surface area contributed by atoms with Crippen molar-refractivity contribution in [2.24, 2.45) is 0 Å². The van der Waals surface area contributed by atoms with E-state index in [4.69, 9.17) is 16.7 Å². The van der Waals surface area contributed by atoms with Crippen LogP contribution >= 0.6 is 11.6 Å². The first-order valence-electron chi connectivity index (χ1n) is 3.76. The Hall–Kier alpha value is -1.29. The summed E-state index contributed by atoms with van der Waals surface area (Å²) in [6.07, 6.45) is 4.04. The molecule has 13 heavy (non-hydrogen) atoms. The molecule has 0 aromatic carbocycles. The lowest BCUT2D eigenvalue weighted by molar-refractivity contribution is -0.131. The summed E-state index contributed by atoms with van der Waals surface area (Å²) in [5, 5.41) is 8.73. The highest BCUT2D eigenvalue weighted by Gasteiger charge is 2.03. The summed E-state index contributed by atoms with van der Waals surface area (Å²) in [5.74, 6) is -1.00. The second-order valence-electron chi connectivity index (χ2n) is 2.38. The van der Waals surface area contributed by atoms with Crippen molar-refractivity contribution in [3.8, 4) is 0 Å². The summed E-state index contributed by atoms with van der Waals surface area (Å²) in [4.78, 5) is 14.1. The Bertz CT molecular complexity index is 344. The summed E-state index contributed by atoms with van der Waals surface area (Å²) in [5.41, 5.74) is 0.617.